The lowest BCUT2D eigenvalue weighted by Gasteiger charge is -2.38. The van der Waals surface area contributed by atoms with Gasteiger partial charge in [-0.2, -0.15) is 0 Å². The number of amides is 2. The van der Waals surface area contributed by atoms with Crippen molar-refractivity contribution < 1.29 is 32.6 Å². The molecule has 0 unspecified atom stereocenters. The molecule has 2 aliphatic heterocycles. The number of aliphatic hydroxyl groups is 1. The number of likely N-dealkylation sites (tertiary alicyclic amines) is 1. The minimum Gasteiger partial charge on any atom is -0.406 e. The van der Waals surface area contributed by atoms with Crippen LogP contribution in [-0.4, -0.2) is 53.4 Å². The number of imide groups is 1. The van der Waals surface area contributed by atoms with Crippen LogP contribution in [0.2, 0.25) is 0 Å². The Kier molecular flexibility index (Phi) is 5.71. The molecule has 3 rings (SSSR count). The molecule has 2 aliphatic rings. The maximum absolute atomic E-state index is 12.9. The average Bonchev–Trinajstić information content (AvgIpc) is 2.89. The molecule has 0 aromatic heterocycles. The maximum Gasteiger partial charge on any atom is 0.573 e. The van der Waals surface area contributed by atoms with Gasteiger partial charge in [0.25, 0.3) is 5.91 Å². The lowest BCUT2D eigenvalue weighted by atomic mass is 9.97. The Labute approximate surface area is 154 Å². The molecule has 1 aromatic rings. The second-order valence-corrected chi connectivity index (χ2v) is 6.73. The number of benzene rings is 1. The number of carbonyl (C=O) groups excluding carboxylic acids is 2. The van der Waals surface area contributed by atoms with Crippen molar-refractivity contribution in [3.05, 3.63) is 24.3 Å². The molecular weight excluding hydrogens is 365 g/mol. The van der Waals surface area contributed by atoms with E-state index in [1.54, 1.807) is 0 Å². The molecule has 148 valence electrons. The van der Waals surface area contributed by atoms with E-state index in [0.29, 0.717) is 13.0 Å². The van der Waals surface area contributed by atoms with Crippen molar-refractivity contribution in [2.24, 2.45) is 0 Å². The molecule has 2 heterocycles. The summed E-state index contributed by atoms with van der Waals surface area (Å²) in [4.78, 5) is 28.2. The number of alkyl halides is 3. The summed E-state index contributed by atoms with van der Waals surface area (Å²) in [6.07, 6.45) is -1.62. The van der Waals surface area contributed by atoms with Crippen LogP contribution in [0.5, 0.6) is 5.75 Å². The maximum atomic E-state index is 12.9. The van der Waals surface area contributed by atoms with E-state index in [9.17, 15) is 27.9 Å². The second-order valence-electron chi connectivity index (χ2n) is 6.73. The number of rotatable bonds is 5. The van der Waals surface area contributed by atoms with E-state index in [4.69, 9.17) is 0 Å². The van der Waals surface area contributed by atoms with Crippen LogP contribution in [0.3, 0.4) is 0 Å². The molecule has 0 spiro atoms. The van der Waals surface area contributed by atoms with Gasteiger partial charge in [0, 0.05) is 18.7 Å². The molecule has 2 atom stereocenters. The van der Waals surface area contributed by atoms with Crippen LogP contribution >= 0.6 is 0 Å². The van der Waals surface area contributed by atoms with Gasteiger partial charge in [-0.05, 0) is 37.9 Å². The smallest absolute Gasteiger partial charge is 0.406 e. The predicted molar refractivity (Wildman–Crippen MR) is 90.1 cm³/mol. The number of carbonyl (C=O) groups is 2. The number of ether oxygens (including phenoxy) is 1. The molecule has 9 heteroatoms. The summed E-state index contributed by atoms with van der Waals surface area (Å²) in [5.41, 5.74) is 0.0602. The zero-order valence-corrected chi connectivity index (χ0v) is 14.6. The normalized spacial score (nSPS) is 24.5. The van der Waals surface area contributed by atoms with Crippen LogP contribution in [0.4, 0.5) is 18.9 Å². The van der Waals surface area contributed by atoms with Gasteiger partial charge >= 0.3 is 6.36 Å². The molecule has 0 radical (unpaired) electrons. The Morgan fingerprint density at radius 3 is 2.70 bits per heavy atom. The number of anilines is 1. The van der Waals surface area contributed by atoms with Crippen molar-refractivity contribution >= 4 is 17.5 Å². The number of piperidine rings is 1. The topological polar surface area (TPSA) is 70.1 Å². The van der Waals surface area contributed by atoms with E-state index in [1.165, 1.54) is 12.1 Å². The first-order valence-electron chi connectivity index (χ1n) is 8.89. The summed E-state index contributed by atoms with van der Waals surface area (Å²) in [5, 5.41) is 9.26. The molecule has 0 bridgehead atoms. The van der Waals surface area contributed by atoms with E-state index < -0.39 is 30.0 Å². The highest BCUT2D eigenvalue weighted by molar-refractivity contribution is 6.22. The van der Waals surface area contributed by atoms with Crippen LogP contribution in [-0.2, 0) is 9.59 Å². The van der Waals surface area contributed by atoms with Crippen molar-refractivity contribution in [3.8, 4) is 5.75 Å². The molecule has 0 saturated carbocycles. The molecular formula is C18H21F3N2O4. The zero-order chi connectivity index (χ0) is 19.6. The van der Waals surface area contributed by atoms with E-state index in [1.807, 2.05) is 4.90 Å². The third-order valence-corrected chi connectivity index (χ3v) is 4.97. The van der Waals surface area contributed by atoms with Gasteiger partial charge in [-0.1, -0.05) is 12.5 Å². The van der Waals surface area contributed by atoms with Crippen LogP contribution < -0.4 is 9.64 Å². The monoisotopic (exact) mass is 386 g/mol. The fraction of sp³-hybridized carbons (Fsp3) is 0.556. The van der Waals surface area contributed by atoms with E-state index in [-0.39, 0.29) is 24.8 Å². The van der Waals surface area contributed by atoms with Crippen LogP contribution in [0.25, 0.3) is 0 Å². The van der Waals surface area contributed by atoms with Crippen LogP contribution in [0.1, 0.15) is 32.1 Å². The summed E-state index contributed by atoms with van der Waals surface area (Å²) in [5.74, 6) is -1.39. The van der Waals surface area contributed by atoms with Crippen molar-refractivity contribution in [2.75, 3.05) is 18.1 Å². The molecule has 2 fully saturated rings. The Hall–Kier alpha value is -2.13. The number of hydrogen-bond acceptors (Lipinski definition) is 5. The highest BCUT2D eigenvalue weighted by atomic mass is 19.4. The largest absolute Gasteiger partial charge is 0.573 e. The Bertz CT molecular complexity index is 708. The first-order chi connectivity index (χ1) is 12.8. The summed E-state index contributed by atoms with van der Waals surface area (Å²) in [6.45, 7) is 0.649. The first kappa shape index (κ1) is 19.6. The van der Waals surface area contributed by atoms with Gasteiger partial charge in [0.15, 0.2) is 0 Å². The summed E-state index contributed by atoms with van der Waals surface area (Å²) < 4.78 is 41.2. The number of aliphatic hydroxyl groups excluding tert-OH is 1. The van der Waals surface area contributed by atoms with Crippen molar-refractivity contribution in [1.29, 1.82) is 0 Å². The third kappa shape index (κ3) is 4.41. The van der Waals surface area contributed by atoms with E-state index in [0.717, 1.165) is 36.3 Å². The number of hydrogen-bond donors (Lipinski definition) is 1. The minimum atomic E-state index is -4.86. The fourth-order valence-corrected chi connectivity index (χ4v) is 3.86. The molecule has 0 aliphatic carbocycles. The molecule has 27 heavy (non-hydrogen) atoms. The highest BCUT2D eigenvalue weighted by Gasteiger charge is 2.45. The van der Waals surface area contributed by atoms with Gasteiger partial charge in [-0.25, -0.2) is 4.90 Å². The quantitative estimate of drug-likeness (QED) is 0.788. The number of nitrogens with zero attached hydrogens (tertiary/aromatic N) is 2. The third-order valence-electron chi connectivity index (χ3n) is 4.97. The van der Waals surface area contributed by atoms with Gasteiger partial charge < -0.3 is 9.84 Å². The minimum absolute atomic E-state index is 0.00341. The molecule has 2 saturated heterocycles. The van der Waals surface area contributed by atoms with Gasteiger partial charge in [0.2, 0.25) is 5.91 Å². The summed E-state index contributed by atoms with van der Waals surface area (Å²) in [7, 11) is 0. The summed E-state index contributed by atoms with van der Waals surface area (Å²) >= 11 is 0. The van der Waals surface area contributed by atoms with E-state index in [2.05, 4.69) is 4.74 Å². The standard InChI is InChI=1S/C18H21F3N2O4/c19-18(20,21)27-14-6-3-5-13(10-14)23-16(25)11-15(17(23)26)22-8-2-1-4-12(22)7-9-24/h3,5-6,10,12,15,24H,1-2,4,7-9,11H2/t12-,15+/m0/s1. The van der Waals surface area contributed by atoms with Crippen molar-refractivity contribution in [1.82, 2.24) is 4.90 Å². The molecule has 1 N–H and O–H groups in total. The van der Waals surface area contributed by atoms with Gasteiger partial charge in [0.1, 0.15) is 5.75 Å². The SMILES string of the molecule is O=C1C[C@@H](N2CCCC[C@H]2CCO)C(=O)N1c1cccc(OC(F)(F)F)c1. The Morgan fingerprint density at radius 1 is 1.22 bits per heavy atom. The molecule has 2 amide bonds. The predicted octanol–water partition coefficient (Wildman–Crippen LogP) is 2.45. The van der Waals surface area contributed by atoms with E-state index >= 15 is 0 Å². The fourth-order valence-electron chi connectivity index (χ4n) is 3.86. The highest BCUT2D eigenvalue weighted by Crippen LogP contribution is 2.33. The lowest BCUT2D eigenvalue weighted by Crippen LogP contribution is -2.50. The first-order valence-corrected chi connectivity index (χ1v) is 8.89. The molecule has 6 nitrogen and oxygen atoms in total. The lowest BCUT2D eigenvalue weighted by molar-refractivity contribution is -0.274. The van der Waals surface area contributed by atoms with Crippen molar-refractivity contribution in [3.63, 3.8) is 0 Å². The van der Waals surface area contributed by atoms with Gasteiger partial charge in [-0.15, -0.1) is 13.2 Å². The zero-order valence-electron chi connectivity index (χ0n) is 14.6. The van der Waals surface area contributed by atoms with Gasteiger partial charge in [-0.3, -0.25) is 14.5 Å². The van der Waals surface area contributed by atoms with Crippen molar-refractivity contribution in [2.45, 2.75) is 50.6 Å². The Morgan fingerprint density at radius 2 is 2.00 bits per heavy atom. The molecule has 1 aromatic carbocycles. The van der Waals surface area contributed by atoms with Gasteiger partial charge in [0.05, 0.1) is 18.2 Å². The Balaban J connectivity index is 1.81. The second kappa shape index (κ2) is 7.85. The van der Waals surface area contributed by atoms with Crippen LogP contribution in [0, 0.1) is 0 Å². The average molecular weight is 386 g/mol. The summed E-state index contributed by atoms with van der Waals surface area (Å²) in [6, 6.07) is 4.23. The van der Waals surface area contributed by atoms with Crippen LogP contribution in [0.15, 0.2) is 24.3 Å². The number of halogens is 3.